The number of aromatic nitrogens is 2. The Hall–Kier alpha value is -4.89. The van der Waals surface area contributed by atoms with Crippen molar-refractivity contribution < 1.29 is 42.2 Å². The average molecular weight is 1010 g/mol. The number of pyridine rings is 1. The molecule has 1 aliphatic heterocycles. The number of urea groups is 1. The second-order valence-electron chi connectivity index (χ2n) is 19.6. The normalized spacial score (nSPS) is 22.6. The van der Waals surface area contributed by atoms with E-state index in [-0.39, 0.29) is 41.6 Å². The predicted molar refractivity (Wildman–Crippen MR) is 268 cm³/mol. The number of sulfonamides is 1. The Morgan fingerprint density at radius 3 is 2.45 bits per heavy atom. The standard InChI is InChI=1S/C49H68N8O9S3/c1-31(2)51-47-55-41(29-68-47)39-24-42(36-21-20-34(65-5)23-38(36)52-39)66-35-26-48(3,30-58)57(27-35)44(59)37(18-13-8-6-7-12-17-33-25-49(33,50)45(60)61)53-46(62)54-40(32-15-10-9-11-16-32)28-56(4)69(63,64)43-19-14-22-67-43/h14,19-24,29-33,35,37,40H,6-13,15-18,25-28,50H2,1-5H3,(H,51,55)(H,60,61)(H2,53,54,62)/t33?,35?,37-,40?,48?,49+/m0/s1. The molecule has 6 atom stereocenters. The highest BCUT2D eigenvalue weighted by Gasteiger charge is 2.56. The van der Waals surface area contributed by atoms with Gasteiger partial charge in [-0.1, -0.05) is 57.4 Å². The highest BCUT2D eigenvalue weighted by Crippen LogP contribution is 2.45. The van der Waals surface area contributed by atoms with E-state index in [1.807, 2.05) is 43.5 Å². The number of aldehydes is 1. The quantitative estimate of drug-likeness (QED) is 0.0335. The molecule has 0 radical (unpaired) electrons. The Labute approximate surface area is 413 Å². The van der Waals surface area contributed by atoms with Crippen LogP contribution < -0.4 is 31.2 Å². The Kier molecular flexibility index (Phi) is 16.9. The number of nitrogens with one attached hydrogen (secondary N) is 3. The fourth-order valence-electron chi connectivity index (χ4n) is 9.84. The van der Waals surface area contributed by atoms with E-state index in [1.165, 1.54) is 27.6 Å². The number of rotatable bonds is 24. The first-order chi connectivity index (χ1) is 32.9. The number of carbonyl (C=O) groups excluding carboxylic acids is 3. The Morgan fingerprint density at radius 2 is 1.77 bits per heavy atom. The molecule has 1 saturated heterocycles. The molecule has 0 bridgehead atoms. The van der Waals surface area contributed by atoms with Crippen molar-refractivity contribution in [2.24, 2.45) is 17.6 Å². The number of unbranched alkanes of at least 4 members (excludes halogenated alkanes) is 4. The van der Waals surface area contributed by atoms with E-state index in [0.717, 1.165) is 87.0 Å². The average Bonchev–Trinajstić information content (AvgIpc) is 3.78. The highest BCUT2D eigenvalue weighted by molar-refractivity contribution is 7.91. The molecule has 3 aliphatic rings. The lowest BCUT2D eigenvalue weighted by Gasteiger charge is -2.35. The van der Waals surface area contributed by atoms with Gasteiger partial charge in [0.1, 0.15) is 45.4 Å². The number of methoxy groups -OCH3 is 1. The van der Waals surface area contributed by atoms with Crippen LogP contribution in [0.4, 0.5) is 9.93 Å². The van der Waals surface area contributed by atoms with Gasteiger partial charge in [-0.15, -0.1) is 22.7 Å². The lowest BCUT2D eigenvalue weighted by atomic mass is 9.84. The first kappa shape index (κ1) is 51.9. The van der Waals surface area contributed by atoms with Crippen molar-refractivity contribution in [2.45, 2.75) is 150 Å². The molecule has 4 aromatic rings. The minimum Gasteiger partial charge on any atom is -0.497 e. The van der Waals surface area contributed by atoms with Crippen molar-refractivity contribution in [3.05, 3.63) is 47.2 Å². The maximum absolute atomic E-state index is 14.9. The molecule has 3 aromatic heterocycles. The van der Waals surface area contributed by atoms with Crippen LogP contribution in [0.3, 0.4) is 0 Å². The van der Waals surface area contributed by atoms with Crippen molar-refractivity contribution in [2.75, 3.05) is 32.6 Å². The van der Waals surface area contributed by atoms with Crippen LogP contribution in [0.15, 0.2) is 51.4 Å². The molecule has 4 unspecified atom stereocenters. The second kappa shape index (κ2) is 22.5. The monoisotopic (exact) mass is 1010 g/mol. The van der Waals surface area contributed by atoms with Gasteiger partial charge < -0.3 is 46.0 Å². The number of nitrogens with two attached hydrogens (primary N) is 1. The van der Waals surface area contributed by atoms with Gasteiger partial charge in [-0.05, 0) is 88.3 Å². The van der Waals surface area contributed by atoms with Gasteiger partial charge in [-0.2, -0.15) is 4.31 Å². The van der Waals surface area contributed by atoms with Crippen molar-refractivity contribution in [3.8, 4) is 22.9 Å². The van der Waals surface area contributed by atoms with Gasteiger partial charge in [-0.3, -0.25) is 9.59 Å². The van der Waals surface area contributed by atoms with E-state index in [0.29, 0.717) is 53.1 Å². The third kappa shape index (κ3) is 12.5. The number of thiophene rings is 1. The fraction of sp³-hybridized carbons (Fsp3) is 0.592. The zero-order valence-electron chi connectivity index (χ0n) is 40.3. The molecule has 4 heterocycles. The summed E-state index contributed by atoms with van der Waals surface area (Å²) in [6.07, 6.45) is 10.4. The molecule has 20 heteroatoms. The smallest absolute Gasteiger partial charge is 0.323 e. The van der Waals surface area contributed by atoms with Crippen LogP contribution in [0.5, 0.6) is 11.5 Å². The summed E-state index contributed by atoms with van der Waals surface area (Å²) in [6.45, 7) is 5.91. The third-order valence-electron chi connectivity index (χ3n) is 14.0. The number of hydrogen-bond donors (Lipinski definition) is 5. The summed E-state index contributed by atoms with van der Waals surface area (Å²) in [5.74, 6) is -0.240. The Bertz CT molecular complexity index is 2540. The summed E-state index contributed by atoms with van der Waals surface area (Å²) in [6, 6.07) is 8.67. The molecule has 6 N–H and O–H groups in total. The molecule has 376 valence electrons. The van der Waals surface area contributed by atoms with Crippen LogP contribution in [-0.4, -0.2) is 119 Å². The van der Waals surface area contributed by atoms with Gasteiger partial charge in [0.15, 0.2) is 5.13 Å². The van der Waals surface area contributed by atoms with Crippen LogP contribution in [0, 0.1) is 11.8 Å². The zero-order valence-corrected chi connectivity index (χ0v) is 42.7. The molecule has 0 spiro atoms. The van der Waals surface area contributed by atoms with E-state index in [1.54, 1.807) is 31.5 Å². The number of aliphatic carboxylic acids is 1. The number of carbonyl (C=O) groups is 4. The lowest BCUT2D eigenvalue weighted by molar-refractivity contribution is -0.140. The number of hydrogen-bond acceptors (Lipinski definition) is 14. The number of benzene rings is 1. The highest BCUT2D eigenvalue weighted by atomic mass is 32.2. The van der Waals surface area contributed by atoms with Crippen molar-refractivity contribution in [1.29, 1.82) is 0 Å². The minimum absolute atomic E-state index is 0.0192. The minimum atomic E-state index is -3.80. The van der Waals surface area contributed by atoms with Gasteiger partial charge in [0.25, 0.3) is 10.0 Å². The van der Waals surface area contributed by atoms with Gasteiger partial charge in [0.05, 0.1) is 30.4 Å². The number of likely N-dealkylation sites (N-methyl/N-ethyl adjacent to an activating group) is 1. The van der Waals surface area contributed by atoms with E-state index in [9.17, 15) is 32.7 Å². The first-order valence-electron chi connectivity index (χ1n) is 24.2. The van der Waals surface area contributed by atoms with Gasteiger partial charge in [-0.25, -0.2) is 23.2 Å². The zero-order chi connectivity index (χ0) is 49.5. The molecule has 1 aromatic carbocycles. The van der Waals surface area contributed by atoms with Gasteiger partial charge in [0.2, 0.25) is 5.91 Å². The molecular formula is C49H68N8O9S3. The molecule has 7 rings (SSSR count). The van der Waals surface area contributed by atoms with Crippen LogP contribution in [-0.2, 0) is 24.4 Å². The van der Waals surface area contributed by atoms with E-state index >= 15 is 0 Å². The van der Waals surface area contributed by atoms with E-state index < -0.39 is 57.2 Å². The summed E-state index contributed by atoms with van der Waals surface area (Å²) in [5.41, 5.74) is 5.47. The largest absolute Gasteiger partial charge is 0.497 e. The number of carboxylic acid groups (broad SMARTS) is 1. The van der Waals surface area contributed by atoms with Gasteiger partial charge >= 0.3 is 12.0 Å². The number of thiazole rings is 1. The number of ether oxygens (including phenoxy) is 2. The maximum atomic E-state index is 14.9. The number of nitrogens with zero attached hydrogens (tertiary/aromatic N) is 4. The van der Waals surface area contributed by atoms with Crippen LogP contribution in [0.25, 0.3) is 22.3 Å². The predicted octanol–water partition coefficient (Wildman–Crippen LogP) is 7.66. The van der Waals surface area contributed by atoms with Crippen LogP contribution >= 0.6 is 22.7 Å². The summed E-state index contributed by atoms with van der Waals surface area (Å²) >= 11 is 2.61. The summed E-state index contributed by atoms with van der Waals surface area (Å²) in [5, 5.41) is 23.9. The lowest BCUT2D eigenvalue weighted by Crippen LogP contribution is -2.58. The third-order valence-corrected chi connectivity index (χ3v) is 17.9. The molecule has 2 saturated carbocycles. The number of likely N-dealkylation sites (tertiary alicyclic amines) is 1. The van der Waals surface area contributed by atoms with E-state index in [2.05, 4.69) is 16.0 Å². The molecule has 3 fully saturated rings. The summed E-state index contributed by atoms with van der Waals surface area (Å²) < 4.78 is 40.9. The van der Waals surface area contributed by atoms with Gasteiger partial charge in [0, 0.05) is 55.0 Å². The van der Waals surface area contributed by atoms with Crippen molar-refractivity contribution in [1.82, 2.24) is 29.8 Å². The first-order valence-corrected chi connectivity index (χ1v) is 27.4. The van der Waals surface area contributed by atoms with Crippen molar-refractivity contribution >= 4 is 72.9 Å². The molecular weight excluding hydrogens is 941 g/mol. The summed E-state index contributed by atoms with van der Waals surface area (Å²) in [4.78, 5) is 64.9. The van der Waals surface area contributed by atoms with Crippen LogP contribution in [0.2, 0.25) is 0 Å². The topological polar surface area (TPSA) is 235 Å². The molecule has 69 heavy (non-hydrogen) atoms. The maximum Gasteiger partial charge on any atom is 0.323 e. The number of amides is 3. The van der Waals surface area contributed by atoms with Crippen LogP contribution in [0.1, 0.15) is 111 Å². The fourth-order valence-corrected chi connectivity index (χ4v) is 13.1. The number of carboxylic acids is 1. The molecule has 17 nitrogen and oxygen atoms in total. The SMILES string of the molecule is COc1ccc2c(OC3CN(C(=O)[C@H](CCCCCCCC4C[C@]4(N)C(=O)O)NC(=O)NC(CN(C)S(=O)(=O)c4cccs4)C4CCCCC4)C(C)(C=O)C3)cc(-c3csc(NC(C)C)n3)nc2c1. The molecule has 3 amide bonds. The second-order valence-corrected chi connectivity index (χ2v) is 23.7. The number of anilines is 1. The molecule has 2 aliphatic carbocycles. The Balaban J connectivity index is 1.09. The van der Waals surface area contributed by atoms with Crippen molar-refractivity contribution in [3.63, 3.8) is 0 Å². The summed E-state index contributed by atoms with van der Waals surface area (Å²) in [7, 11) is -0.685. The number of fused-ring (bicyclic) bond motifs is 1. The Morgan fingerprint density at radius 1 is 1.01 bits per heavy atom. The van der Waals surface area contributed by atoms with E-state index in [4.69, 9.17) is 25.2 Å².